The molecule has 2 rings (SSSR count). The van der Waals surface area contributed by atoms with Crippen molar-refractivity contribution in [2.75, 3.05) is 6.54 Å². The van der Waals surface area contributed by atoms with E-state index in [4.69, 9.17) is 9.15 Å². The highest BCUT2D eigenvalue weighted by atomic mass is 79.9. The molecule has 1 aromatic heterocycles. The molecule has 2 N–H and O–H groups in total. The van der Waals surface area contributed by atoms with Crippen molar-refractivity contribution in [2.24, 2.45) is 0 Å². The molecule has 0 unspecified atom stereocenters. The third kappa shape index (κ3) is 6.53. The van der Waals surface area contributed by atoms with Crippen LogP contribution in [0.3, 0.4) is 0 Å². The molecule has 138 valence electrons. The second-order valence-corrected chi connectivity index (χ2v) is 6.90. The van der Waals surface area contributed by atoms with Gasteiger partial charge < -0.3 is 19.8 Å². The lowest BCUT2D eigenvalue weighted by Gasteiger charge is -2.19. The van der Waals surface area contributed by atoms with Gasteiger partial charge in [-0.25, -0.2) is 0 Å². The lowest BCUT2D eigenvalue weighted by Crippen LogP contribution is -2.43. The van der Waals surface area contributed by atoms with Crippen LogP contribution in [-0.4, -0.2) is 36.5 Å². The minimum absolute atomic E-state index is 0.0823. The molecule has 1 saturated carbocycles. The third-order valence-electron chi connectivity index (χ3n) is 4.07. The van der Waals surface area contributed by atoms with E-state index < -0.39 is 18.0 Å². The Morgan fingerprint density at radius 1 is 1.24 bits per heavy atom. The van der Waals surface area contributed by atoms with Gasteiger partial charge in [0.25, 0.3) is 11.8 Å². The van der Waals surface area contributed by atoms with Crippen molar-refractivity contribution < 1.29 is 23.5 Å². The van der Waals surface area contributed by atoms with Crippen LogP contribution in [0, 0.1) is 0 Å². The molecular formula is C17H23BrN2O5. The zero-order valence-electron chi connectivity index (χ0n) is 14.2. The van der Waals surface area contributed by atoms with Gasteiger partial charge in [-0.15, -0.1) is 0 Å². The number of hydrogen-bond acceptors (Lipinski definition) is 5. The van der Waals surface area contributed by atoms with Crippen LogP contribution in [0.2, 0.25) is 0 Å². The second-order valence-electron chi connectivity index (χ2n) is 6.12. The molecule has 1 aliphatic carbocycles. The van der Waals surface area contributed by atoms with Gasteiger partial charge in [0.1, 0.15) is 6.54 Å². The summed E-state index contributed by atoms with van der Waals surface area (Å²) in [5, 5.41) is 5.32. The predicted molar refractivity (Wildman–Crippen MR) is 93.9 cm³/mol. The number of carbonyl (C=O) groups is 3. The number of hydrogen-bond donors (Lipinski definition) is 2. The molecule has 1 fully saturated rings. The Hall–Kier alpha value is -1.83. The van der Waals surface area contributed by atoms with Crippen molar-refractivity contribution in [1.82, 2.24) is 10.6 Å². The Bertz CT molecular complexity index is 608. The molecule has 1 aliphatic rings. The standard InChI is InChI=1S/C17H23BrN2O5/c1-11(16(22)20-12-6-4-2-3-5-7-12)24-15(21)10-19-17(23)13-8-9-14(18)25-13/h8-9,11-12H,2-7,10H2,1H3,(H,19,23)(H,20,22)/t11-/m1/s1. The first-order valence-corrected chi connectivity index (χ1v) is 9.28. The summed E-state index contributed by atoms with van der Waals surface area (Å²) < 4.78 is 10.6. The molecule has 25 heavy (non-hydrogen) atoms. The molecular weight excluding hydrogens is 392 g/mol. The maximum Gasteiger partial charge on any atom is 0.326 e. The fourth-order valence-electron chi connectivity index (χ4n) is 2.71. The summed E-state index contributed by atoms with van der Waals surface area (Å²) in [6.45, 7) is 1.19. The molecule has 0 spiro atoms. The fraction of sp³-hybridized carbons (Fsp3) is 0.588. The number of amides is 2. The van der Waals surface area contributed by atoms with E-state index in [-0.39, 0.29) is 24.3 Å². The number of rotatable bonds is 6. The van der Waals surface area contributed by atoms with Crippen molar-refractivity contribution in [2.45, 2.75) is 57.6 Å². The Kier molecular flexibility index (Phi) is 7.49. The van der Waals surface area contributed by atoms with Crippen LogP contribution in [0.15, 0.2) is 21.2 Å². The fourth-order valence-corrected chi connectivity index (χ4v) is 3.02. The van der Waals surface area contributed by atoms with Gasteiger partial charge in [-0.1, -0.05) is 25.7 Å². The summed E-state index contributed by atoms with van der Waals surface area (Å²) in [6.07, 6.45) is 5.63. The summed E-state index contributed by atoms with van der Waals surface area (Å²) >= 11 is 3.09. The maximum atomic E-state index is 12.1. The summed E-state index contributed by atoms with van der Waals surface area (Å²) in [5.41, 5.74) is 0. The monoisotopic (exact) mass is 414 g/mol. The average molecular weight is 415 g/mol. The van der Waals surface area contributed by atoms with Crippen molar-refractivity contribution >= 4 is 33.7 Å². The van der Waals surface area contributed by atoms with Crippen molar-refractivity contribution in [3.63, 3.8) is 0 Å². The first kappa shape index (κ1) is 19.5. The first-order valence-electron chi connectivity index (χ1n) is 8.49. The predicted octanol–water partition coefficient (Wildman–Crippen LogP) is 2.54. The minimum Gasteiger partial charge on any atom is -0.451 e. The van der Waals surface area contributed by atoms with E-state index in [0.29, 0.717) is 4.67 Å². The van der Waals surface area contributed by atoms with Gasteiger partial charge in [-0.05, 0) is 47.8 Å². The molecule has 1 aromatic rings. The van der Waals surface area contributed by atoms with Crippen LogP contribution >= 0.6 is 15.9 Å². The van der Waals surface area contributed by atoms with Crippen LogP contribution in [0.4, 0.5) is 0 Å². The number of esters is 1. The number of furan rings is 1. The topological polar surface area (TPSA) is 97.6 Å². The van der Waals surface area contributed by atoms with E-state index in [2.05, 4.69) is 26.6 Å². The van der Waals surface area contributed by atoms with Gasteiger partial charge in [0.2, 0.25) is 0 Å². The summed E-state index contributed by atoms with van der Waals surface area (Å²) in [6, 6.07) is 3.20. The molecule has 1 heterocycles. The van der Waals surface area contributed by atoms with Crippen LogP contribution in [0.25, 0.3) is 0 Å². The maximum absolute atomic E-state index is 12.1. The summed E-state index contributed by atoms with van der Waals surface area (Å²) in [7, 11) is 0. The Balaban J connectivity index is 1.71. The molecule has 0 aromatic carbocycles. The molecule has 1 atom stereocenters. The first-order chi connectivity index (χ1) is 12.0. The third-order valence-corrected chi connectivity index (χ3v) is 4.50. The van der Waals surface area contributed by atoms with Crippen molar-refractivity contribution in [1.29, 1.82) is 0 Å². The smallest absolute Gasteiger partial charge is 0.326 e. The normalized spacial score (nSPS) is 16.6. The van der Waals surface area contributed by atoms with E-state index >= 15 is 0 Å². The summed E-state index contributed by atoms with van der Waals surface area (Å²) in [5.74, 6) is -1.43. The van der Waals surface area contributed by atoms with E-state index in [0.717, 1.165) is 25.7 Å². The number of carbonyl (C=O) groups excluding carboxylic acids is 3. The SMILES string of the molecule is C[C@@H](OC(=O)CNC(=O)c1ccc(Br)o1)C(=O)NC1CCCCCC1. The number of nitrogens with one attached hydrogen (secondary N) is 2. The highest BCUT2D eigenvalue weighted by molar-refractivity contribution is 9.10. The van der Waals surface area contributed by atoms with Gasteiger partial charge in [0, 0.05) is 6.04 Å². The van der Waals surface area contributed by atoms with Gasteiger partial charge in [-0.2, -0.15) is 0 Å². The van der Waals surface area contributed by atoms with Crippen molar-refractivity contribution in [3.05, 3.63) is 22.6 Å². The molecule has 0 saturated heterocycles. The minimum atomic E-state index is -0.898. The Morgan fingerprint density at radius 3 is 2.52 bits per heavy atom. The molecule has 0 aliphatic heterocycles. The van der Waals surface area contributed by atoms with Gasteiger partial charge in [0.15, 0.2) is 16.5 Å². The lowest BCUT2D eigenvalue weighted by molar-refractivity contribution is -0.154. The zero-order valence-corrected chi connectivity index (χ0v) is 15.8. The number of halogens is 1. The Morgan fingerprint density at radius 2 is 1.92 bits per heavy atom. The summed E-state index contributed by atoms with van der Waals surface area (Å²) in [4.78, 5) is 35.7. The zero-order chi connectivity index (χ0) is 18.2. The van der Waals surface area contributed by atoms with Gasteiger partial charge in [-0.3, -0.25) is 14.4 Å². The molecule has 7 nitrogen and oxygen atoms in total. The van der Waals surface area contributed by atoms with E-state index in [9.17, 15) is 14.4 Å². The highest BCUT2D eigenvalue weighted by Crippen LogP contribution is 2.17. The van der Waals surface area contributed by atoms with Crippen LogP contribution < -0.4 is 10.6 Å². The molecule has 8 heteroatoms. The van der Waals surface area contributed by atoms with E-state index in [1.54, 1.807) is 6.07 Å². The van der Waals surface area contributed by atoms with Crippen LogP contribution in [0.1, 0.15) is 56.0 Å². The quantitative estimate of drug-likeness (QED) is 0.550. The Labute approximate surface area is 155 Å². The van der Waals surface area contributed by atoms with Crippen LogP contribution in [-0.2, 0) is 14.3 Å². The van der Waals surface area contributed by atoms with E-state index in [1.165, 1.54) is 25.8 Å². The van der Waals surface area contributed by atoms with Gasteiger partial charge >= 0.3 is 5.97 Å². The van der Waals surface area contributed by atoms with Crippen LogP contribution in [0.5, 0.6) is 0 Å². The largest absolute Gasteiger partial charge is 0.451 e. The van der Waals surface area contributed by atoms with E-state index in [1.807, 2.05) is 0 Å². The second kappa shape index (κ2) is 9.60. The van der Waals surface area contributed by atoms with Gasteiger partial charge in [0.05, 0.1) is 0 Å². The molecule has 0 bridgehead atoms. The average Bonchev–Trinajstić information content (AvgIpc) is 2.85. The molecule has 2 amide bonds. The molecule has 0 radical (unpaired) electrons. The highest BCUT2D eigenvalue weighted by Gasteiger charge is 2.22. The number of ether oxygens (including phenoxy) is 1. The van der Waals surface area contributed by atoms with Crippen molar-refractivity contribution in [3.8, 4) is 0 Å². The lowest BCUT2D eigenvalue weighted by atomic mass is 10.1.